The van der Waals surface area contributed by atoms with Gasteiger partial charge in [-0.3, -0.25) is 0 Å². The van der Waals surface area contributed by atoms with Crippen LogP contribution >= 0.6 is 0 Å². The second-order valence-electron chi connectivity index (χ2n) is 9.04. The topological polar surface area (TPSA) is 43.2 Å². The molecular formula is C31H41N2O4+. The van der Waals surface area contributed by atoms with Crippen molar-refractivity contribution < 1.29 is 23.5 Å². The van der Waals surface area contributed by atoms with Crippen molar-refractivity contribution in [2.45, 2.75) is 26.7 Å². The fourth-order valence-electron chi connectivity index (χ4n) is 4.87. The molecule has 2 aliphatic rings. The molecule has 0 saturated carbocycles. The fourth-order valence-corrected chi connectivity index (χ4v) is 4.87. The van der Waals surface area contributed by atoms with E-state index in [2.05, 4.69) is 76.2 Å². The molecule has 2 aliphatic heterocycles. The maximum Gasteiger partial charge on any atom is 0.209 e. The second-order valence-corrected chi connectivity index (χ2v) is 9.04. The summed E-state index contributed by atoms with van der Waals surface area (Å²) in [5.41, 5.74) is 7.89. The zero-order chi connectivity index (χ0) is 25.7. The minimum atomic E-state index is 0.631. The Morgan fingerprint density at radius 2 is 1.43 bits per heavy atom. The van der Waals surface area contributed by atoms with Crippen molar-refractivity contribution >= 4 is 17.1 Å². The van der Waals surface area contributed by atoms with Crippen molar-refractivity contribution in [1.29, 1.82) is 0 Å². The van der Waals surface area contributed by atoms with Crippen molar-refractivity contribution in [2.24, 2.45) is 0 Å². The standard InChI is InChI=1S/C31H41N2O4/c1-3-34-20-22-36-18-16-32-28(24-26-10-5-7-14-30(26)32)12-9-13-29-25-27-11-6-8-15-31(27)33(29)17-19-37-23-21-35-4-2/h5-15H,3-4,16-25H2,1-2H3/q+1. The Morgan fingerprint density at radius 3 is 2.22 bits per heavy atom. The van der Waals surface area contributed by atoms with E-state index in [-0.39, 0.29) is 0 Å². The van der Waals surface area contributed by atoms with Gasteiger partial charge in [-0.05, 0) is 31.6 Å². The summed E-state index contributed by atoms with van der Waals surface area (Å²) in [6.07, 6.45) is 8.59. The number of anilines is 1. The van der Waals surface area contributed by atoms with Crippen molar-refractivity contribution in [1.82, 2.24) is 0 Å². The summed E-state index contributed by atoms with van der Waals surface area (Å²) >= 11 is 0. The van der Waals surface area contributed by atoms with Crippen LogP contribution in [0.2, 0.25) is 0 Å². The van der Waals surface area contributed by atoms with Gasteiger partial charge < -0.3 is 23.8 Å². The van der Waals surface area contributed by atoms with Gasteiger partial charge in [0.25, 0.3) is 0 Å². The van der Waals surface area contributed by atoms with E-state index in [1.807, 2.05) is 13.8 Å². The van der Waals surface area contributed by atoms with Gasteiger partial charge in [0, 0.05) is 55.3 Å². The summed E-state index contributed by atoms with van der Waals surface area (Å²) in [4.78, 5) is 2.39. The highest BCUT2D eigenvalue weighted by Gasteiger charge is 2.27. The minimum Gasteiger partial charge on any atom is -0.379 e. The Morgan fingerprint density at radius 1 is 0.757 bits per heavy atom. The summed E-state index contributed by atoms with van der Waals surface area (Å²) in [7, 11) is 0. The van der Waals surface area contributed by atoms with Crippen LogP contribution in [-0.2, 0) is 31.8 Å². The number of para-hydroxylation sites is 2. The quantitative estimate of drug-likeness (QED) is 0.239. The van der Waals surface area contributed by atoms with Crippen molar-refractivity contribution in [3.8, 4) is 0 Å². The number of nitrogens with zero attached hydrogens (tertiary/aromatic N) is 2. The lowest BCUT2D eigenvalue weighted by atomic mass is 10.1. The van der Waals surface area contributed by atoms with Gasteiger partial charge in [-0.1, -0.05) is 42.5 Å². The van der Waals surface area contributed by atoms with Crippen LogP contribution in [0, 0.1) is 0 Å². The number of ether oxygens (including phenoxy) is 4. The number of benzene rings is 2. The highest BCUT2D eigenvalue weighted by molar-refractivity contribution is 5.96. The summed E-state index contributed by atoms with van der Waals surface area (Å²) < 4.78 is 24.8. The zero-order valence-corrected chi connectivity index (χ0v) is 22.4. The Kier molecular flexibility index (Phi) is 10.9. The Hall–Kier alpha value is -2.77. The molecule has 0 N–H and O–H groups in total. The number of hydrogen-bond acceptors (Lipinski definition) is 5. The van der Waals surface area contributed by atoms with E-state index < -0.39 is 0 Å². The molecule has 0 spiro atoms. The summed E-state index contributed by atoms with van der Waals surface area (Å²) in [6, 6.07) is 17.3. The molecule has 2 aromatic carbocycles. The zero-order valence-electron chi connectivity index (χ0n) is 22.4. The predicted octanol–water partition coefficient (Wildman–Crippen LogP) is 4.94. The van der Waals surface area contributed by atoms with Gasteiger partial charge in [-0.15, -0.1) is 0 Å². The monoisotopic (exact) mass is 505 g/mol. The highest BCUT2D eigenvalue weighted by Crippen LogP contribution is 2.34. The van der Waals surface area contributed by atoms with Crippen LogP contribution < -0.4 is 4.90 Å². The first-order chi connectivity index (χ1) is 18.3. The van der Waals surface area contributed by atoms with Crippen LogP contribution in [0.25, 0.3) is 0 Å². The van der Waals surface area contributed by atoms with Crippen LogP contribution in [0.3, 0.4) is 0 Å². The largest absolute Gasteiger partial charge is 0.379 e. The van der Waals surface area contributed by atoms with Crippen LogP contribution in [0.1, 0.15) is 25.0 Å². The molecule has 37 heavy (non-hydrogen) atoms. The van der Waals surface area contributed by atoms with E-state index in [0.717, 1.165) is 39.1 Å². The third kappa shape index (κ3) is 7.62. The third-order valence-corrected chi connectivity index (χ3v) is 6.65. The second kappa shape index (κ2) is 14.8. The highest BCUT2D eigenvalue weighted by atomic mass is 16.5. The molecule has 0 unspecified atom stereocenters. The van der Waals surface area contributed by atoms with E-state index in [4.69, 9.17) is 18.9 Å². The average molecular weight is 506 g/mol. The fraction of sp³-hybridized carbons (Fsp3) is 0.452. The lowest BCUT2D eigenvalue weighted by molar-refractivity contribution is -0.441. The molecule has 0 atom stereocenters. The van der Waals surface area contributed by atoms with Crippen molar-refractivity contribution in [3.63, 3.8) is 0 Å². The first kappa shape index (κ1) is 27.3. The lowest BCUT2D eigenvalue weighted by Crippen LogP contribution is -2.24. The van der Waals surface area contributed by atoms with Crippen LogP contribution in [0.15, 0.2) is 72.5 Å². The Labute approximate surface area is 221 Å². The van der Waals surface area contributed by atoms with E-state index in [9.17, 15) is 0 Å². The average Bonchev–Trinajstić information content (AvgIpc) is 3.45. The normalized spacial score (nSPS) is 15.8. The van der Waals surface area contributed by atoms with E-state index in [1.54, 1.807) is 0 Å². The SMILES string of the molecule is CCOCCOCCN1/C(=C/C=C/C2=[N+](CCOCCOCC)c3ccccc3C2)Cc2ccccc21. The first-order valence-electron chi connectivity index (χ1n) is 13.6. The number of allylic oxidation sites excluding steroid dienone is 4. The predicted molar refractivity (Wildman–Crippen MR) is 149 cm³/mol. The summed E-state index contributed by atoms with van der Waals surface area (Å²) in [5.74, 6) is 0. The molecule has 0 fully saturated rings. The Balaban J connectivity index is 1.42. The van der Waals surface area contributed by atoms with E-state index in [1.165, 1.54) is 33.9 Å². The summed E-state index contributed by atoms with van der Waals surface area (Å²) in [6.45, 7) is 11.0. The first-order valence-corrected chi connectivity index (χ1v) is 13.6. The molecule has 0 saturated heterocycles. The number of fused-ring (bicyclic) bond motifs is 2. The molecule has 2 aromatic rings. The van der Waals surface area contributed by atoms with Crippen LogP contribution in [0.5, 0.6) is 0 Å². The third-order valence-electron chi connectivity index (χ3n) is 6.65. The molecule has 6 nitrogen and oxygen atoms in total. The Bertz CT molecular complexity index is 1090. The van der Waals surface area contributed by atoms with E-state index in [0.29, 0.717) is 39.6 Å². The lowest BCUT2D eigenvalue weighted by Gasteiger charge is -2.21. The van der Waals surface area contributed by atoms with Gasteiger partial charge >= 0.3 is 0 Å². The molecule has 0 radical (unpaired) electrons. The van der Waals surface area contributed by atoms with Crippen molar-refractivity contribution in [3.05, 3.63) is 83.6 Å². The van der Waals surface area contributed by atoms with E-state index >= 15 is 0 Å². The molecule has 0 amide bonds. The molecule has 6 heteroatoms. The smallest absolute Gasteiger partial charge is 0.209 e. The molecule has 0 aliphatic carbocycles. The molecule has 4 rings (SSSR count). The van der Waals surface area contributed by atoms with Gasteiger partial charge in [-0.2, -0.15) is 4.58 Å². The van der Waals surface area contributed by atoms with Crippen LogP contribution in [-0.4, -0.2) is 76.2 Å². The van der Waals surface area contributed by atoms with Gasteiger partial charge in [0.15, 0.2) is 12.3 Å². The maximum absolute atomic E-state index is 5.82. The van der Waals surface area contributed by atoms with Crippen LogP contribution in [0.4, 0.5) is 11.4 Å². The molecule has 0 aromatic heterocycles. The van der Waals surface area contributed by atoms with Gasteiger partial charge in [0.2, 0.25) is 5.69 Å². The molecule has 2 heterocycles. The van der Waals surface area contributed by atoms with Gasteiger partial charge in [0.05, 0.1) is 39.5 Å². The maximum atomic E-state index is 5.82. The number of rotatable bonds is 16. The van der Waals surface area contributed by atoms with Crippen molar-refractivity contribution in [2.75, 3.05) is 70.8 Å². The molecule has 0 bridgehead atoms. The summed E-state index contributed by atoms with van der Waals surface area (Å²) in [5, 5.41) is 0. The number of hydrogen-bond donors (Lipinski definition) is 0. The minimum absolute atomic E-state index is 0.631. The molecule has 198 valence electrons. The van der Waals surface area contributed by atoms with Gasteiger partial charge in [-0.25, -0.2) is 0 Å². The van der Waals surface area contributed by atoms with Gasteiger partial charge in [0.1, 0.15) is 6.61 Å². The molecular weight excluding hydrogens is 464 g/mol.